The van der Waals surface area contributed by atoms with Crippen molar-refractivity contribution in [2.24, 2.45) is 5.73 Å². The van der Waals surface area contributed by atoms with Gasteiger partial charge in [0.1, 0.15) is 5.75 Å². The van der Waals surface area contributed by atoms with E-state index in [9.17, 15) is 8.78 Å². The summed E-state index contributed by atoms with van der Waals surface area (Å²) in [5.74, 6) is -2.58. The molecule has 2 N–H and O–H groups in total. The minimum Gasteiger partial charge on any atom is -0.487 e. The van der Waals surface area contributed by atoms with Crippen molar-refractivity contribution >= 4 is 0 Å². The summed E-state index contributed by atoms with van der Waals surface area (Å²) in [4.78, 5) is 0. The average Bonchev–Trinajstić information content (AvgIpc) is 2.46. The van der Waals surface area contributed by atoms with E-state index in [0.717, 1.165) is 5.56 Å². The van der Waals surface area contributed by atoms with Crippen LogP contribution in [-0.2, 0) is 12.3 Å². The molecule has 1 atom stereocenters. The van der Waals surface area contributed by atoms with Crippen LogP contribution in [0.1, 0.15) is 18.1 Å². The summed E-state index contributed by atoms with van der Waals surface area (Å²) in [5.41, 5.74) is 6.67. The fourth-order valence-corrected chi connectivity index (χ4v) is 2.07. The summed E-state index contributed by atoms with van der Waals surface area (Å²) in [6, 6.07) is 14.8. The van der Waals surface area contributed by atoms with Gasteiger partial charge in [-0.3, -0.25) is 0 Å². The molecule has 0 heterocycles. The van der Waals surface area contributed by atoms with Crippen LogP contribution >= 0.6 is 0 Å². The summed E-state index contributed by atoms with van der Waals surface area (Å²) >= 11 is 0. The molecule has 2 aromatic carbocycles. The van der Waals surface area contributed by atoms with Crippen molar-refractivity contribution in [3.63, 3.8) is 0 Å². The highest BCUT2D eigenvalue weighted by Gasteiger charge is 2.32. The van der Waals surface area contributed by atoms with E-state index in [1.165, 1.54) is 12.1 Å². The molecule has 21 heavy (non-hydrogen) atoms. The maximum atomic E-state index is 14.0. The number of benzene rings is 2. The lowest BCUT2D eigenvalue weighted by atomic mass is 10.1. The van der Waals surface area contributed by atoms with Crippen LogP contribution in [0.4, 0.5) is 8.78 Å². The third kappa shape index (κ3) is 4.53. The molecule has 0 aliphatic carbocycles. The molecular formula is C17H19F2NO. The average molecular weight is 291 g/mol. The van der Waals surface area contributed by atoms with E-state index < -0.39 is 12.5 Å². The van der Waals surface area contributed by atoms with Crippen LogP contribution in [0.25, 0.3) is 0 Å². The van der Waals surface area contributed by atoms with Crippen molar-refractivity contribution in [3.05, 3.63) is 65.7 Å². The maximum absolute atomic E-state index is 14.0. The van der Waals surface area contributed by atoms with Crippen molar-refractivity contribution in [3.8, 4) is 5.75 Å². The molecular weight excluding hydrogens is 272 g/mol. The van der Waals surface area contributed by atoms with E-state index in [4.69, 9.17) is 10.5 Å². The molecule has 0 saturated carbocycles. The lowest BCUT2D eigenvalue weighted by Gasteiger charge is -2.18. The van der Waals surface area contributed by atoms with Crippen LogP contribution in [0.2, 0.25) is 0 Å². The van der Waals surface area contributed by atoms with Crippen molar-refractivity contribution < 1.29 is 13.5 Å². The molecule has 0 fully saturated rings. The Kier molecular flexibility index (Phi) is 4.91. The van der Waals surface area contributed by atoms with E-state index in [-0.39, 0.29) is 11.6 Å². The molecule has 0 bridgehead atoms. The van der Waals surface area contributed by atoms with Crippen LogP contribution < -0.4 is 10.5 Å². The monoisotopic (exact) mass is 291 g/mol. The molecule has 0 unspecified atom stereocenters. The van der Waals surface area contributed by atoms with Gasteiger partial charge in [0.25, 0.3) is 0 Å². The fourth-order valence-electron chi connectivity index (χ4n) is 2.07. The van der Waals surface area contributed by atoms with Crippen LogP contribution in [0.3, 0.4) is 0 Å². The zero-order chi connectivity index (χ0) is 15.3. The van der Waals surface area contributed by atoms with E-state index in [1.54, 1.807) is 36.4 Å². The number of nitrogens with two attached hydrogens (primary N) is 1. The Morgan fingerprint density at radius 2 is 1.81 bits per heavy atom. The van der Waals surface area contributed by atoms with Crippen molar-refractivity contribution in [2.75, 3.05) is 6.61 Å². The van der Waals surface area contributed by atoms with Crippen LogP contribution in [0.5, 0.6) is 5.75 Å². The summed E-state index contributed by atoms with van der Waals surface area (Å²) in [7, 11) is 0. The van der Waals surface area contributed by atoms with Crippen LogP contribution in [-0.4, -0.2) is 12.6 Å². The van der Waals surface area contributed by atoms with E-state index in [0.29, 0.717) is 12.2 Å². The first-order valence-corrected chi connectivity index (χ1v) is 6.88. The van der Waals surface area contributed by atoms with Gasteiger partial charge < -0.3 is 10.5 Å². The SMILES string of the molecule is C[C@@H](N)Cc1cccc(OCC(F)(F)c2ccccc2)c1. The highest BCUT2D eigenvalue weighted by molar-refractivity contribution is 5.29. The Bertz CT molecular complexity index is 570. The topological polar surface area (TPSA) is 35.2 Å². The van der Waals surface area contributed by atoms with E-state index in [2.05, 4.69) is 0 Å². The maximum Gasteiger partial charge on any atom is 0.306 e. The first kappa shape index (κ1) is 15.4. The molecule has 0 radical (unpaired) electrons. The smallest absolute Gasteiger partial charge is 0.306 e. The van der Waals surface area contributed by atoms with Gasteiger partial charge in [-0.05, 0) is 31.0 Å². The molecule has 0 amide bonds. The second-order valence-corrected chi connectivity index (χ2v) is 5.19. The lowest BCUT2D eigenvalue weighted by molar-refractivity contribution is -0.0467. The molecule has 0 aliphatic heterocycles. The van der Waals surface area contributed by atoms with E-state index in [1.807, 2.05) is 13.0 Å². The van der Waals surface area contributed by atoms with Gasteiger partial charge in [0, 0.05) is 11.6 Å². The Labute approximate surface area is 123 Å². The number of ether oxygens (including phenoxy) is 1. The zero-order valence-corrected chi connectivity index (χ0v) is 11.9. The van der Waals surface area contributed by atoms with Gasteiger partial charge in [0.15, 0.2) is 6.61 Å². The second-order valence-electron chi connectivity index (χ2n) is 5.19. The Balaban J connectivity index is 2.02. The molecule has 0 aliphatic rings. The largest absolute Gasteiger partial charge is 0.487 e. The molecule has 2 rings (SSSR count). The number of halogens is 2. The quantitative estimate of drug-likeness (QED) is 0.879. The van der Waals surface area contributed by atoms with Crippen molar-refractivity contribution in [1.29, 1.82) is 0 Å². The molecule has 2 aromatic rings. The molecule has 0 saturated heterocycles. The Morgan fingerprint density at radius 3 is 2.48 bits per heavy atom. The van der Waals surface area contributed by atoms with Gasteiger partial charge in [0.2, 0.25) is 0 Å². The van der Waals surface area contributed by atoms with Gasteiger partial charge in [-0.2, -0.15) is 8.78 Å². The van der Waals surface area contributed by atoms with Crippen molar-refractivity contribution in [1.82, 2.24) is 0 Å². The predicted molar refractivity (Wildman–Crippen MR) is 79.6 cm³/mol. The van der Waals surface area contributed by atoms with Gasteiger partial charge >= 0.3 is 5.92 Å². The summed E-state index contributed by atoms with van der Waals surface area (Å²) in [6.07, 6.45) is 0.687. The lowest BCUT2D eigenvalue weighted by Crippen LogP contribution is -2.23. The predicted octanol–water partition coefficient (Wildman–Crippen LogP) is 3.75. The van der Waals surface area contributed by atoms with Crippen molar-refractivity contribution in [2.45, 2.75) is 25.3 Å². The molecule has 4 heteroatoms. The minimum atomic E-state index is -3.02. The first-order valence-electron chi connectivity index (χ1n) is 6.88. The second kappa shape index (κ2) is 6.68. The Morgan fingerprint density at radius 1 is 1.10 bits per heavy atom. The van der Waals surface area contributed by atoms with Crippen LogP contribution in [0.15, 0.2) is 54.6 Å². The molecule has 0 spiro atoms. The standard InChI is InChI=1S/C17H19F2NO/c1-13(20)10-14-6-5-9-16(11-14)21-12-17(18,19)15-7-3-2-4-8-15/h2-9,11,13H,10,12,20H2,1H3/t13-/m1/s1. The first-order chi connectivity index (χ1) is 9.97. The Hall–Kier alpha value is -1.94. The zero-order valence-electron chi connectivity index (χ0n) is 11.9. The number of hydrogen-bond donors (Lipinski definition) is 1. The number of alkyl halides is 2. The third-order valence-corrected chi connectivity index (χ3v) is 3.07. The highest BCUT2D eigenvalue weighted by atomic mass is 19.3. The highest BCUT2D eigenvalue weighted by Crippen LogP contribution is 2.28. The van der Waals surface area contributed by atoms with Crippen LogP contribution in [0, 0.1) is 0 Å². The molecule has 112 valence electrons. The number of rotatable bonds is 6. The summed E-state index contributed by atoms with van der Waals surface area (Å²) in [5, 5.41) is 0. The summed E-state index contributed by atoms with van der Waals surface area (Å²) < 4.78 is 33.3. The normalized spacial score (nSPS) is 13.0. The molecule has 2 nitrogen and oxygen atoms in total. The molecule has 0 aromatic heterocycles. The van der Waals surface area contributed by atoms with Gasteiger partial charge in [0.05, 0.1) is 0 Å². The van der Waals surface area contributed by atoms with Gasteiger partial charge in [-0.15, -0.1) is 0 Å². The third-order valence-electron chi connectivity index (χ3n) is 3.07. The fraction of sp³-hybridized carbons (Fsp3) is 0.294. The van der Waals surface area contributed by atoms with E-state index >= 15 is 0 Å². The summed E-state index contributed by atoms with van der Waals surface area (Å²) in [6.45, 7) is 1.22. The minimum absolute atomic E-state index is 0.0195. The van der Waals surface area contributed by atoms with Gasteiger partial charge in [-0.25, -0.2) is 0 Å². The number of hydrogen-bond acceptors (Lipinski definition) is 2. The van der Waals surface area contributed by atoms with Gasteiger partial charge in [-0.1, -0.05) is 42.5 Å².